The Morgan fingerprint density at radius 2 is 1.78 bits per heavy atom. The van der Waals surface area contributed by atoms with Gasteiger partial charge >= 0.3 is 0 Å². The predicted molar refractivity (Wildman–Crippen MR) is 112 cm³/mol. The van der Waals surface area contributed by atoms with E-state index in [4.69, 9.17) is 0 Å². The maximum Gasteiger partial charge on any atom is 0.271 e. The van der Waals surface area contributed by atoms with Gasteiger partial charge in [0.15, 0.2) is 0 Å². The lowest BCUT2D eigenvalue weighted by Crippen LogP contribution is -2.46. The first-order valence-electron chi connectivity index (χ1n) is 9.63. The third kappa shape index (κ3) is 3.91. The zero-order valence-electron chi connectivity index (χ0n) is 16.5. The number of carbonyl (C=O) groups is 2. The molecule has 6 heteroatoms. The van der Waals surface area contributed by atoms with Gasteiger partial charge in [0.05, 0.1) is 4.47 Å². The second-order valence-electron chi connectivity index (χ2n) is 7.85. The molecule has 5 nitrogen and oxygen atoms in total. The first kappa shape index (κ1) is 19.9. The van der Waals surface area contributed by atoms with Gasteiger partial charge in [-0.2, -0.15) is 0 Å². The summed E-state index contributed by atoms with van der Waals surface area (Å²) in [6, 6.07) is 8.16. The highest BCUT2D eigenvalue weighted by Gasteiger charge is 2.31. The monoisotopic (exact) mass is 433 g/mol. The molecule has 1 unspecified atom stereocenters. The molecule has 1 fully saturated rings. The van der Waals surface area contributed by atoms with Crippen molar-refractivity contribution in [2.75, 3.05) is 13.1 Å². The van der Waals surface area contributed by atoms with Crippen LogP contribution in [0.15, 0.2) is 28.7 Å². The SMILES string of the molecule is CC(C)C(C)NC(=O)C1CCN(C(=O)c2c(Br)c3ccccc3n2C)CC1. The Morgan fingerprint density at radius 3 is 2.37 bits per heavy atom. The highest BCUT2D eigenvalue weighted by Crippen LogP contribution is 2.32. The molecule has 1 aliphatic heterocycles. The summed E-state index contributed by atoms with van der Waals surface area (Å²) < 4.78 is 2.79. The number of piperidine rings is 1. The van der Waals surface area contributed by atoms with E-state index in [1.807, 2.05) is 47.7 Å². The molecule has 0 spiro atoms. The van der Waals surface area contributed by atoms with Crippen LogP contribution < -0.4 is 5.32 Å². The number of nitrogens with zero attached hydrogens (tertiary/aromatic N) is 2. The summed E-state index contributed by atoms with van der Waals surface area (Å²) in [5.41, 5.74) is 1.71. The lowest BCUT2D eigenvalue weighted by Gasteiger charge is -2.32. The number of likely N-dealkylation sites (tertiary alicyclic amines) is 1. The highest BCUT2D eigenvalue weighted by atomic mass is 79.9. The lowest BCUT2D eigenvalue weighted by atomic mass is 9.94. The molecule has 1 saturated heterocycles. The van der Waals surface area contributed by atoms with Gasteiger partial charge in [-0.3, -0.25) is 9.59 Å². The summed E-state index contributed by atoms with van der Waals surface area (Å²) in [5.74, 6) is 0.551. The van der Waals surface area contributed by atoms with Crippen LogP contribution >= 0.6 is 15.9 Å². The molecule has 1 N–H and O–H groups in total. The van der Waals surface area contributed by atoms with E-state index in [2.05, 4.69) is 35.1 Å². The van der Waals surface area contributed by atoms with Gasteiger partial charge in [0.1, 0.15) is 5.69 Å². The molecular formula is C21H28BrN3O2. The largest absolute Gasteiger partial charge is 0.353 e. The number of fused-ring (bicyclic) bond motifs is 1. The molecule has 0 radical (unpaired) electrons. The van der Waals surface area contributed by atoms with Gasteiger partial charge in [-0.25, -0.2) is 0 Å². The van der Waals surface area contributed by atoms with Crippen LogP contribution in [0.4, 0.5) is 0 Å². The Balaban J connectivity index is 1.68. The van der Waals surface area contributed by atoms with Gasteiger partial charge in [0.25, 0.3) is 5.91 Å². The van der Waals surface area contributed by atoms with Crippen LogP contribution in [-0.4, -0.2) is 40.4 Å². The molecule has 146 valence electrons. The van der Waals surface area contributed by atoms with Gasteiger partial charge in [-0.05, 0) is 47.7 Å². The molecule has 2 amide bonds. The molecule has 2 heterocycles. The average molecular weight is 434 g/mol. The van der Waals surface area contributed by atoms with Crippen LogP contribution in [0, 0.1) is 11.8 Å². The second-order valence-corrected chi connectivity index (χ2v) is 8.64. The van der Waals surface area contributed by atoms with E-state index in [0.717, 1.165) is 15.4 Å². The molecule has 2 aromatic rings. The summed E-state index contributed by atoms with van der Waals surface area (Å²) in [5, 5.41) is 4.15. The number of nitrogens with one attached hydrogen (secondary N) is 1. The summed E-state index contributed by atoms with van der Waals surface area (Å²) in [7, 11) is 1.92. The minimum Gasteiger partial charge on any atom is -0.353 e. The summed E-state index contributed by atoms with van der Waals surface area (Å²) >= 11 is 3.61. The van der Waals surface area contributed by atoms with Crippen molar-refractivity contribution in [2.45, 2.75) is 39.7 Å². The van der Waals surface area contributed by atoms with Gasteiger partial charge in [0.2, 0.25) is 5.91 Å². The van der Waals surface area contributed by atoms with Crippen LogP contribution in [0.3, 0.4) is 0 Å². The van der Waals surface area contributed by atoms with Crippen molar-refractivity contribution in [1.82, 2.24) is 14.8 Å². The zero-order chi connectivity index (χ0) is 19.7. The Bertz CT molecular complexity index is 811. The Hall–Kier alpha value is -1.82. The number of benzene rings is 1. The fraction of sp³-hybridized carbons (Fsp3) is 0.524. The fourth-order valence-electron chi connectivity index (χ4n) is 3.59. The van der Waals surface area contributed by atoms with Gasteiger partial charge in [-0.15, -0.1) is 0 Å². The van der Waals surface area contributed by atoms with Gasteiger partial charge in [-0.1, -0.05) is 32.0 Å². The summed E-state index contributed by atoms with van der Waals surface area (Å²) in [4.78, 5) is 27.5. The van der Waals surface area contributed by atoms with E-state index in [9.17, 15) is 9.59 Å². The number of rotatable bonds is 4. The van der Waals surface area contributed by atoms with Crippen LogP contribution in [0.25, 0.3) is 10.9 Å². The second kappa shape index (κ2) is 8.05. The third-order valence-corrected chi connectivity index (χ3v) is 6.57. The van der Waals surface area contributed by atoms with Crippen molar-refractivity contribution >= 4 is 38.6 Å². The zero-order valence-corrected chi connectivity index (χ0v) is 18.0. The lowest BCUT2D eigenvalue weighted by molar-refractivity contribution is -0.127. The minimum atomic E-state index is -0.00817. The van der Waals surface area contributed by atoms with Crippen LogP contribution in [0.2, 0.25) is 0 Å². The molecule has 3 rings (SSSR count). The number of aromatic nitrogens is 1. The quantitative estimate of drug-likeness (QED) is 0.792. The van der Waals surface area contributed by atoms with Crippen LogP contribution in [0.5, 0.6) is 0 Å². The molecule has 27 heavy (non-hydrogen) atoms. The van der Waals surface area contributed by atoms with E-state index < -0.39 is 0 Å². The van der Waals surface area contributed by atoms with Crippen LogP contribution in [-0.2, 0) is 11.8 Å². The van der Waals surface area contributed by atoms with Crippen molar-refractivity contribution in [3.05, 3.63) is 34.4 Å². The molecule has 1 atom stereocenters. The maximum absolute atomic E-state index is 13.1. The van der Waals surface area contributed by atoms with Gasteiger partial charge in [0, 0.05) is 43.0 Å². The normalized spacial score (nSPS) is 16.7. The van der Waals surface area contributed by atoms with E-state index in [1.165, 1.54) is 0 Å². The van der Waals surface area contributed by atoms with Crippen molar-refractivity contribution in [2.24, 2.45) is 18.9 Å². The topological polar surface area (TPSA) is 54.3 Å². The first-order chi connectivity index (χ1) is 12.8. The van der Waals surface area contributed by atoms with Crippen molar-refractivity contribution < 1.29 is 9.59 Å². The van der Waals surface area contributed by atoms with Crippen molar-refractivity contribution in [3.8, 4) is 0 Å². The molecular weight excluding hydrogens is 406 g/mol. The molecule has 1 aromatic carbocycles. The maximum atomic E-state index is 13.1. The van der Waals surface area contributed by atoms with Gasteiger partial charge < -0.3 is 14.8 Å². The fourth-order valence-corrected chi connectivity index (χ4v) is 4.36. The smallest absolute Gasteiger partial charge is 0.271 e. The molecule has 0 bridgehead atoms. The number of carbonyl (C=O) groups excluding carboxylic acids is 2. The highest BCUT2D eigenvalue weighted by molar-refractivity contribution is 9.10. The first-order valence-corrected chi connectivity index (χ1v) is 10.4. The van der Waals surface area contributed by atoms with E-state index >= 15 is 0 Å². The number of para-hydroxylation sites is 1. The van der Waals surface area contributed by atoms with E-state index in [-0.39, 0.29) is 23.8 Å². The van der Waals surface area contributed by atoms with E-state index in [1.54, 1.807) is 0 Å². The Labute approximate surface area is 169 Å². The van der Waals surface area contributed by atoms with E-state index in [0.29, 0.717) is 37.5 Å². The summed E-state index contributed by atoms with van der Waals surface area (Å²) in [6.45, 7) is 7.47. The molecule has 1 aromatic heterocycles. The van der Waals surface area contributed by atoms with Crippen molar-refractivity contribution in [3.63, 3.8) is 0 Å². The molecule has 0 saturated carbocycles. The Kier molecular flexibility index (Phi) is 5.94. The van der Waals surface area contributed by atoms with Crippen LogP contribution in [0.1, 0.15) is 44.1 Å². The average Bonchev–Trinajstić information content (AvgIpc) is 2.92. The minimum absolute atomic E-state index is 0.00817. The molecule has 0 aliphatic carbocycles. The number of halogens is 1. The standard InChI is InChI=1S/C21H28BrN3O2/c1-13(2)14(3)23-20(26)15-9-11-25(12-10-15)21(27)19-18(22)16-7-5-6-8-17(16)24(19)4/h5-8,13-15H,9-12H2,1-4H3,(H,23,26). The number of amides is 2. The Morgan fingerprint density at radius 1 is 1.15 bits per heavy atom. The number of hydrogen-bond acceptors (Lipinski definition) is 2. The summed E-state index contributed by atoms with van der Waals surface area (Å²) in [6.07, 6.45) is 1.42. The third-order valence-electron chi connectivity index (χ3n) is 5.77. The van der Waals surface area contributed by atoms with Crippen molar-refractivity contribution in [1.29, 1.82) is 0 Å². The molecule has 1 aliphatic rings. The number of hydrogen-bond donors (Lipinski definition) is 1. The number of aryl methyl sites for hydroxylation is 1. The predicted octanol–water partition coefficient (Wildman–Crippen LogP) is 3.95.